The predicted molar refractivity (Wildman–Crippen MR) is 127 cm³/mol. The zero-order valence-electron chi connectivity index (χ0n) is 18.0. The number of carboxylic acid groups (broad SMARTS) is 1. The van der Waals surface area contributed by atoms with Gasteiger partial charge in [0.25, 0.3) is 0 Å². The van der Waals surface area contributed by atoms with Crippen LogP contribution >= 0.6 is 0 Å². The molecule has 6 heteroatoms. The molecule has 0 aliphatic carbocycles. The van der Waals surface area contributed by atoms with Crippen molar-refractivity contribution in [1.29, 1.82) is 5.26 Å². The van der Waals surface area contributed by atoms with Gasteiger partial charge in [-0.1, -0.05) is 66.7 Å². The van der Waals surface area contributed by atoms with Crippen LogP contribution in [0.2, 0.25) is 0 Å². The highest BCUT2D eigenvalue weighted by Gasteiger charge is 2.05. The molecule has 0 spiro atoms. The molecule has 0 aromatic heterocycles. The highest BCUT2D eigenvalue weighted by atomic mass is 16.4. The van der Waals surface area contributed by atoms with Crippen LogP contribution in [0.1, 0.15) is 23.1 Å². The zero-order valence-corrected chi connectivity index (χ0v) is 18.0. The molecule has 166 valence electrons. The second-order valence-electron chi connectivity index (χ2n) is 7.14. The Kier molecular flexibility index (Phi) is 10.9. The van der Waals surface area contributed by atoms with Crippen LogP contribution in [0.25, 0.3) is 0 Å². The predicted octanol–water partition coefficient (Wildman–Crippen LogP) is 4.21. The molecular formula is C26H29N3O3. The fourth-order valence-corrected chi connectivity index (χ4v) is 3.03. The summed E-state index contributed by atoms with van der Waals surface area (Å²) in [5.41, 5.74) is 2.77. The minimum Gasteiger partial charge on any atom is -0.504 e. The number of aliphatic carboxylic acids is 1. The molecule has 0 amide bonds. The van der Waals surface area contributed by atoms with Crippen LogP contribution < -0.4 is 10.6 Å². The molecule has 3 aromatic carbocycles. The van der Waals surface area contributed by atoms with Gasteiger partial charge in [0, 0.05) is 6.54 Å². The summed E-state index contributed by atoms with van der Waals surface area (Å²) in [7, 11) is 0. The minimum atomic E-state index is -0.820. The largest absolute Gasteiger partial charge is 0.504 e. The maximum atomic E-state index is 10.8. The number of carbonyl (C=O) groups is 1. The SMILES string of the molecule is N#Cc1cccc(NCCCNCCc2cccc(CC(=O)O)c2)c1O.c1ccccc1. The minimum absolute atomic E-state index is 0.01000. The van der Waals surface area contributed by atoms with Gasteiger partial charge < -0.3 is 20.8 Å². The highest BCUT2D eigenvalue weighted by Crippen LogP contribution is 2.26. The van der Waals surface area contributed by atoms with Gasteiger partial charge >= 0.3 is 5.97 Å². The lowest BCUT2D eigenvalue weighted by Crippen LogP contribution is -2.20. The third-order valence-corrected chi connectivity index (χ3v) is 4.61. The number of aromatic hydroxyl groups is 1. The van der Waals surface area contributed by atoms with Crippen molar-refractivity contribution in [2.45, 2.75) is 19.3 Å². The first-order chi connectivity index (χ1) is 15.6. The first-order valence-electron chi connectivity index (χ1n) is 10.6. The van der Waals surface area contributed by atoms with E-state index in [9.17, 15) is 9.90 Å². The normalized spacial score (nSPS) is 9.84. The van der Waals surface area contributed by atoms with Crippen LogP contribution in [0, 0.1) is 11.3 Å². The van der Waals surface area contributed by atoms with Gasteiger partial charge in [-0.2, -0.15) is 5.26 Å². The number of nitriles is 1. The Balaban J connectivity index is 0.000000520. The van der Waals surface area contributed by atoms with Crippen LogP contribution in [-0.4, -0.2) is 35.8 Å². The topological polar surface area (TPSA) is 105 Å². The number of benzene rings is 3. The molecule has 0 atom stereocenters. The number of hydrogen-bond acceptors (Lipinski definition) is 5. The summed E-state index contributed by atoms with van der Waals surface area (Å²) in [4.78, 5) is 10.8. The third kappa shape index (κ3) is 9.33. The average Bonchev–Trinajstić information content (AvgIpc) is 2.81. The van der Waals surface area contributed by atoms with Crippen molar-refractivity contribution in [2.75, 3.05) is 25.0 Å². The van der Waals surface area contributed by atoms with E-state index in [1.165, 1.54) is 0 Å². The molecule has 32 heavy (non-hydrogen) atoms. The monoisotopic (exact) mass is 431 g/mol. The van der Waals surface area contributed by atoms with Gasteiger partial charge in [0.2, 0.25) is 0 Å². The van der Waals surface area contributed by atoms with Gasteiger partial charge in [0.05, 0.1) is 17.7 Å². The summed E-state index contributed by atoms with van der Waals surface area (Å²) in [5, 5.41) is 34.1. The highest BCUT2D eigenvalue weighted by molar-refractivity contribution is 5.70. The number of phenols is 1. The van der Waals surface area contributed by atoms with E-state index in [2.05, 4.69) is 10.6 Å². The van der Waals surface area contributed by atoms with E-state index in [-0.39, 0.29) is 17.7 Å². The summed E-state index contributed by atoms with van der Waals surface area (Å²) in [6.45, 7) is 2.32. The molecule has 0 radical (unpaired) electrons. The molecule has 4 N–H and O–H groups in total. The molecule has 0 heterocycles. The maximum Gasteiger partial charge on any atom is 0.307 e. The summed E-state index contributed by atoms with van der Waals surface area (Å²) >= 11 is 0. The number of phenolic OH excluding ortho intramolecular Hbond substituents is 1. The number of nitrogens with one attached hydrogen (secondary N) is 2. The first-order valence-corrected chi connectivity index (χ1v) is 10.6. The second-order valence-corrected chi connectivity index (χ2v) is 7.14. The van der Waals surface area contributed by atoms with Gasteiger partial charge in [-0.25, -0.2) is 0 Å². The van der Waals surface area contributed by atoms with Gasteiger partial charge in [-0.3, -0.25) is 4.79 Å². The number of para-hydroxylation sites is 1. The molecule has 0 bridgehead atoms. The van der Waals surface area contributed by atoms with E-state index in [1.54, 1.807) is 18.2 Å². The second kappa shape index (κ2) is 14.2. The number of anilines is 1. The standard InChI is InChI=1S/C20H23N3O3.C6H6/c21-14-17-6-2-7-18(20(17)26)23-10-3-9-22-11-8-15-4-1-5-16(12-15)13-19(24)25;1-2-4-6-5-3-1/h1-2,4-7,12,22-23,26H,3,8-11,13H2,(H,24,25);1-6H. The van der Waals surface area contributed by atoms with Crippen molar-refractivity contribution >= 4 is 11.7 Å². The van der Waals surface area contributed by atoms with E-state index in [0.717, 1.165) is 37.1 Å². The lowest BCUT2D eigenvalue weighted by molar-refractivity contribution is -0.136. The zero-order chi connectivity index (χ0) is 23.0. The van der Waals surface area contributed by atoms with E-state index >= 15 is 0 Å². The van der Waals surface area contributed by atoms with E-state index in [0.29, 0.717) is 12.2 Å². The Morgan fingerprint density at radius 3 is 2.19 bits per heavy atom. The Bertz CT molecular complexity index is 974. The average molecular weight is 432 g/mol. The van der Waals surface area contributed by atoms with E-state index in [4.69, 9.17) is 10.4 Å². The molecule has 6 nitrogen and oxygen atoms in total. The van der Waals surface area contributed by atoms with Gasteiger partial charge in [-0.15, -0.1) is 0 Å². The van der Waals surface area contributed by atoms with Crippen LogP contribution in [0.5, 0.6) is 5.75 Å². The summed E-state index contributed by atoms with van der Waals surface area (Å²) in [5.74, 6) is -0.830. The van der Waals surface area contributed by atoms with Crippen LogP contribution in [0.15, 0.2) is 78.9 Å². The van der Waals surface area contributed by atoms with Gasteiger partial charge in [-0.05, 0) is 49.2 Å². The van der Waals surface area contributed by atoms with Crippen molar-refractivity contribution in [1.82, 2.24) is 5.32 Å². The quantitative estimate of drug-likeness (QED) is 0.283. The maximum absolute atomic E-state index is 10.8. The third-order valence-electron chi connectivity index (χ3n) is 4.61. The van der Waals surface area contributed by atoms with Crippen molar-refractivity contribution in [3.05, 3.63) is 95.6 Å². The molecule has 0 unspecified atom stereocenters. The molecule has 0 saturated carbocycles. The molecule has 0 saturated heterocycles. The molecular weight excluding hydrogens is 402 g/mol. The summed E-state index contributed by atoms with van der Waals surface area (Å²) in [6.07, 6.45) is 1.76. The van der Waals surface area contributed by atoms with Crippen molar-refractivity contribution in [3.63, 3.8) is 0 Å². The Morgan fingerprint density at radius 2 is 1.53 bits per heavy atom. The van der Waals surface area contributed by atoms with Gasteiger partial charge in [0.15, 0.2) is 5.75 Å². The van der Waals surface area contributed by atoms with Crippen LogP contribution in [0.4, 0.5) is 5.69 Å². The van der Waals surface area contributed by atoms with E-state index in [1.807, 2.05) is 66.7 Å². The fourth-order valence-electron chi connectivity index (χ4n) is 3.03. The van der Waals surface area contributed by atoms with Gasteiger partial charge in [0.1, 0.15) is 6.07 Å². The fraction of sp³-hybridized carbons (Fsp3) is 0.231. The Labute approximate surface area is 189 Å². The molecule has 3 aromatic rings. The summed E-state index contributed by atoms with van der Waals surface area (Å²) in [6, 6.07) is 26.7. The van der Waals surface area contributed by atoms with Crippen molar-refractivity contribution < 1.29 is 15.0 Å². The Hall–Kier alpha value is -3.82. The van der Waals surface area contributed by atoms with E-state index < -0.39 is 5.97 Å². The number of nitrogens with zero attached hydrogens (tertiary/aromatic N) is 1. The smallest absolute Gasteiger partial charge is 0.307 e. The van der Waals surface area contributed by atoms with Crippen LogP contribution in [-0.2, 0) is 17.6 Å². The lowest BCUT2D eigenvalue weighted by Gasteiger charge is -2.10. The first kappa shape index (κ1) is 24.4. The molecule has 3 rings (SSSR count). The lowest BCUT2D eigenvalue weighted by atomic mass is 10.1. The molecule has 0 aliphatic heterocycles. The van der Waals surface area contributed by atoms with Crippen molar-refractivity contribution in [2.24, 2.45) is 0 Å². The number of hydrogen-bond donors (Lipinski definition) is 4. The van der Waals surface area contributed by atoms with Crippen LogP contribution in [0.3, 0.4) is 0 Å². The Morgan fingerprint density at radius 1 is 0.875 bits per heavy atom. The number of rotatable bonds is 10. The summed E-state index contributed by atoms with van der Waals surface area (Å²) < 4.78 is 0. The number of carboxylic acids is 1. The molecule has 0 aliphatic rings. The van der Waals surface area contributed by atoms with Crippen molar-refractivity contribution in [3.8, 4) is 11.8 Å². The molecule has 0 fully saturated rings.